The summed E-state index contributed by atoms with van der Waals surface area (Å²) in [5.41, 5.74) is 11.3. The van der Waals surface area contributed by atoms with Gasteiger partial charge in [0, 0.05) is 6.42 Å². The van der Waals surface area contributed by atoms with Crippen LogP contribution < -0.4 is 11.5 Å². The molecule has 7 heteroatoms. The molecule has 0 aliphatic rings. The maximum Gasteiger partial charge on any atom is 0.225 e. The molecular formula is C10H9F2N5. The number of rotatable bonds is 2. The summed E-state index contributed by atoms with van der Waals surface area (Å²) in [5, 5.41) is 0. The van der Waals surface area contributed by atoms with Crippen molar-refractivity contribution in [1.29, 1.82) is 0 Å². The van der Waals surface area contributed by atoms with E-state index in [0.717, 1.165) is 12.1 Å². The molecule has 0 unspecified atom stereocenters. The molecule has 2 aromatic rings. The van der Waals surface area contributed by atoms with Crippen LogP contribution in [0, 0.1) is 11.6 Å². The Morgan fingerprint density at radius 2 is 1.59 bits per heavy atom. The van der Waals surface area contributed by atoms with E-state index in [1.807, 2.05) is 0 Å². The zero-order valence-corrected chi connectivity index (χ0v) is 8.69. The molecule has 0 atom stereocenters. The third-order valence-corrected chi connectivity index (χ3v) is 2.06. The highest BCUT2D eigenvalue weighted by atomic mass is 19.2. The van der Waals surface area contributed by atoms with E-state index in [0.29, 0.717) is 11.4 Å². The number of nitrogen functional groups attached to an aromatic ring is 2. The topological polar surface area (TPSA) is 90.7 Å². The van der Waals surface area contributed by atoms with Crippen molar-refractivity contribution in [2.24, 2.45) is 0 Å². The molecule has 0 aliphatic carbocycles. The number of nitrogens with two attached hydrogens (primary N) is 2. The van der Waals surface area contributed by atoms with E-state index in [1.54, 1.807) is 0 Å². The largest absolute Gasteiger partial charge is 0.368 e. The Bertz CT molecular complexity index is 538. The highest BCUT2D eigenvalue weighted by molar-refractivity contribution is 5.28. The third kappa shape index (κ3) is 2.63. The summed E-state index contributed by atoms with van der Waals surface area (Å²) in [6, 6.07) is 3.55. The molecule has 4 N–H and O–H groups in total. The van der Waals surface area contributed by atoms with Gasteiger partial charge in [-0.15, -0.1) is 0 Å². The molecule has 1 heterocycles. The van der Waals surface area contributed by atoms with Crippen LogP contribution in [0.2, 0.25) is 0 Å². The minimum absolute atomic E-state index is 0.00455. The number of anilines is 2. The summed E-state index contributed by atoms with van der Waals surface area (Å²) in [5.74, 6) is -1.52. The predicted octanol–water partition coefficient (Wildman–Crippen LogP) is 0.905. The van der Waals surface area contributed by atoms with Gasteiger partial charge < -0.3 is 11.5 Å². The van der Waals surface area contributed by atoms with E-state index >= 15 is 0 Å². The third-order valence-electron chi connectivity index (χ3n) is 2.06. The molecule has 0 saturated heterocycles. The van der Waals surface area contributed by atoms with Crippen LogP contribution >= 0.6 is 0 Å². The van der Waals surface area contributed by atoms with Crippen LogP contribution in [0.4, 0.5) is 20.7 Å². The number of halogens is 2. The zero-order chi connectivity index (χ0) is 12.4. The van der Waals surface area contributed by atoms with Crippen molar-refractivity contribution in [1.82, 2.24) is 15.0 Å². The van der Waals surface area contributed by atoms with Crippen molar-refractivity contribution in [3.63, 3.8) is 0 Å². The molecule has 5 nitrogen and oxygen atoms in total. The van der Waals surface area contributed by atoms with Crippen LogP contribution in [0.25, 0.3) is 0 Å². The van der Waals surface area contributed by atoms with Crippen LogP contribution in [0.5, 0.6) is 0 Å². The van der Waals surface area contributed by atoms with Gasteiger partial charge in [0.1, 0.15) is 5.82 Å². The van der Waals surface area contributed by atoms with Crippen molar-refractivity contribution in [3.8, 4) is 0 Å². The van der Waals surface area contributed by atoms with E-state index in [9.17, 15) is 8.78 Å². The zero-order valence-electron chi connectivity index (χ0n) is 8.69. The van der Waals surface area contributed by atoms with Crippen LogP contribution in [0.1, 0.15) is 11.4 Å². The van der Waals surface area contributed by atoms with E-state index in [1.165, 1.54) is 6.07 Å². The number of hydrogen-bond donors (Lipinski definition) is 2. The van der Waals surface area contributed by atoms with Gasteiger partial charge in [-0.05, 0) is 17.7 Å². The first-order valence-electron chi connectivity index (χ1n) is 4.74. The fourth-order valence-electron chi connectivity index (χ4n) is 1.37. The van der Waals surface area contributed by atoms with Crippen LogP contribution in [-0.2, 0) is 6.42 Å². The van der Waals surface area contributed by atoms with Crippen molar-refractivity contribution >= 4 is 11.9 Å². The molecule has 0 fully saturated rings. The minimum Gasteiger partial charge on any atom is -0.368 e. The van der Waals surface area contributed by atoms with Crippen molar-refractivity contribution in [2.45, 2.75) is 6.42 Å². The quantitative estimate of drug-likeness (QED) is 0.809. The van der Waals surface area contributed by atoms with Crippen molar-refractivity contribution in [2.75, 3.05) is 11.5 Å². The number of aromatic nitrogens is 3. The fourth-order valence-corrected chi connectivity index (χ4v) is 1.37. The Balaban J connectivity index is 2.28. The lowest BCUT2D eigenvalue weighted by atomic mass is 10.1. The standard InChI is InChI=1S/C10H9F2N5/c11-6-2-1-5(3-7(6)12)4-8-15-9(13)17-10(14)16-8/h1-3H,4H2,(H4,13,14,15,16,17). The average molecular weight is 237 g/mol. The van der Waals surface area contributed by atoms with Crippen LogP contribution in [0.15, 0.2) is 18.2 Å². The van der Waals surface area contributed by atoms with Gasteiger partial charge >= 0.3 is 0 Å². The Morgan fingerprint density at radius 1 is 0.941 bits per heavy atom. The highest BCUT2D eigenvalue weighted by Gasteiger charge is 2.06. The number of hydrogen-bond acceptors (Lipinski definition) is 5. The molecule has 0 radical (unpaired) electrons. The molecule has 2 rings (SSSR count). The first-order chi connectivity index (χ1) is 8.04. The monoisotopic (exact) mass is 237 g/mol. The van der Waals surface area contributed by atoms with Crippen molar-refractivity contribution < 1.29 is 8.78 Å². The van der Waals surface area contributed by atoms with Crippen LogP contribution in [-0.4, -0.2) is 15.0 Å². The van der Waals surface area contributed by atoms with Crippen LogP contribution in [0.3, 0.4) is 0 Å². The Morgan fingerprint density at radius 3 is 2.18 bits per heavy atom. The lowest BCUT2D eigenvalue weighted by Crippen LogP contribution is -2.07. The second kappa shape index (κ2) is 4.28. The minimum atomic E-state index is -0.919. The predicted molar refractivity (Wildman–Crippen MR) is 57.8 cm³/mol. The van der Waals surface area contributed by atoms with E-state index in [4.69, 9.17) is 11.5 Å². The van der Waals surface area contributed by atoms with E-state index < -0.39 is 11.6 Å². The van der Waals surface area contributed by atoms with Gasteiger partial charge in [0.25, 0.3) is 0 Å². The summed E-state index contributed by atoms with van der Waals surface area (Å²) in [4.78, 5) is 11.3. The summed E-state index contributed by atoms with van der Waals surface area (Å²) < 4.78 is 25.7. The van der Waals surface area contributed by atoms with Crippen molar-refractivity contribution in [3.05, 3.63) is 41.2 Å². The molecule has 1 aromatic heterocycles. The van der Waals surface area contributed by atoms with E-state index in [-0.39, 0.29) is 18.3 Å². The Labute approximate surface area is 95.5 Å². The number of benzene rings is 1. The second-order valence-electron chi connectivity index (χ2n) is 3.39. The number of nitrogens with zero attached hydrogens (tertiary/aromatic N) is 3. The maximum absolute atomic E-state index is 13.0. The molecule has 17 heavy (non-hydrogen) atoms. The first kappa shape index (κ1) is 11.2. The average Bonchev–Trinajstić information content (AvgIpc) is 2.22. The molecule has 0 aliphatic heterocycles. The molecule has 0 amide bonds. The van der Waals surface area contributed by atoms with Gasteiger partial charge in [-0.1, -0.05) is 6.07 Å². The lowest BCUT2D eigenvalue weighted by Gasteiger charge is -2.03. The molecular weight excluding hydrogens is 228 g/mol. The SMILES string of the molecule is Nc1nc(N)nc(Cc2ccc(F)c(F)c2)n1. The Kier molecular flexibility index (Phi) is 2.82. The summed E-state index contributed by atoms with van der Waals surface area (Å²) >= 11 is 0. The molecule has 0 saturated carbocycles. The maximum atomic E-state index is 13.0. The molecule has 1 aromatic carbocycles. The van der Waals surface area contributed by atoms with Gasteiger partial charge in [0.2, 0.25) is 11.9 Å². The van der Waals surface area contributed by atoms with Gasteiger partial charge in [0.15, 0.2) is 11.6 Å². The Hall–Kier alpha value is -2.31. The summed E-state index contributed by atoms with van der Waals surface area (Å²) in [6.45, 7) is 0. The molecule has 0 spiro atoms. The lowest BCUT2D eigenvalue weighted by molar-refractivity contribution is 0.507. The highest BCUT2D eigenvalue weighted by Crippen LogP contribution is 2.12. The first-order valence-corrected chi connectivity index (χ1v) is 4.74. The molecule has 88 valence electrons. The smallest absolute Gasteiger partial charge is 0.225 e. The fraction of sp³-hybridized carbons (Fsp3) is 0.100. The van der Waals surface area contributed by atoms with Gasteiger partial charge in [-0.3, -0.25) is 0 Å². The van der Waals surface area contributed by atoms with Gasteiger partial charge in [-0.25, -0.2) is 8.78 Å². The second-order valence-corrected chi connectivity index (χ2v) is 3.39. The van der Waals surface area contributed by atoms with Gasteiger partial charge in [0.05, 0.1) is 0 Å². The summed E-state index contributed by atoms with van der Waals surface area (Å²) in [6.07, 6.45) is 0.202. The van der Waals surface area contributed by atoms with E-state index in [2.05, 4.69) is 15.0 Å². The van der Waals surface area contributed by atoms with Gasteiger partial charge in [-0.2, -0.15) is 15.0 Å². The normalized spacial score (nSPS) is 10.5. The summed E-state index contributed by atoms with van der Waals surface area (Å²) in [7, 11) is 0. The molecule has 0 bridgehead atoms.